The second kappa shape index (κ2) is 12.0. The molecule has 0 saturated heterocycles. The average molecular weight is 520 g/mol. The molecule has 1 fully saturated rings. The smallest absolute Gasteiger partial charge is 0.163 e. The third-order valence-corrected chi connectivity index (χ3v) is 6.70. The Morgan fingerprint density at radius 3 is 2.29 bits per heavy atom. The molecular formula is C27H36Cl2N4O2. The molecule has 0 atom stereocenters. The van der Waals surface area contributed by atoms with Crippen molar-refractivity contribution in [1.82, 2.24) is 14.9 Å². The molecule has 35 heavy (non-hydrogen) atoms. The minimum Gasteiger partial charge on any atom is -0.507 e. The molecule has 190 valence electrons. The third kappa shape index (κ3) is 6.43. The minimum atomic E-state index is -0.0169. The highest BCUT2D eigenvalue weighted by atomic mass is 35.5. The van der Waals surface area contributed by atoms with Crippen LogP contribution in [0.4, 0.5) is 5.69 Å². The van der Waals surface area contributed by atoms with Crippen LogP contribution < -0.4 is 5.32 Å². The molecule has 1 aliphatic rings. The number of nitrogens with zero attached hydrogens (tertiary/aromatic N) is 3. The molecule has 0 bridgehead atoms. The molecular weight excluding hydrogens is 483 g/mol. The summed E-state index contributed by atoms with van der Waals surface area (Å²) in [6.45, 7) is 6.49. The number of hydrogen-bond acceptors (Lipinski definition) is 6. The molecule has 0 aliphatic heterocycles. The Morgan fingerprint density at radius 2 is 1.71 bits per heavy atom. The van der Waals surface area contributed by atoms with Crippen molar-refractivity contribution in [2.45, 2.75) is 52.5 Å². The molecule has 4 rings (SSSR count). The number of aromatic hydroxyl groups is 1. The van der Waals surface area contributed by atoms with E-state index in [1.807, 2.05) is 38.1 Å². The highest BCUT2D eigenvalue weighted by Crippen LogP contribution is 2.34. The number of phenols is 1. The Bertz CT molecular complexity index is 1170. The first kappa shape index (κ1) is 28.8. The Kier molecular flexibility index (Phi) is 9.90. The number of ketones is 1. The first-order chi connectivity index (χ1) is 15.7. The standard InChI is InChI=1S/C27H34N4O2.2ClH/c1-16-12-20(13-17(2)27(16)33)23-10-11-24-26(30-23)25(22(14-28-24)18(3)32)29-21-8-6-19(7-9-21)15-31(4)5;;/h10-14,19,21,33H,6-9,15H2,1-5H3,(H,28,29);2*1H. The summed E-state index contributed by atoms with van der Waals surface area (Å²) in [5, 5.41) is 13.8. The Labute approximate surface area is 220 Å². The molecule has 1 aromatic carbocycles. The SMILES string of the molecule is CC(=O)c1cnc2ccc(-c3cc(C)c(O)c(C)c3)nc2c1NC1CCC(CN(C)C)CC1.Cl.Cl. The fourth-order valence-corrected chi connectivity index (χ4v) is 4.95. The maximum atomic E-state index is 12.5. The van der Waals surface area contributed by atoms with E-state index in [0.29, 0.717) is 17.4 Å². The molecule has 2 aromatic heterocycles. The van der Waals surface area contributed by atoms with Crippen LogP contribution in [0.1, 0.15) is 54.1 Å². The molecule has 1 saturated carbocycles. The first-order valence-corrected chi connectivity index (χ1v) is 11.8. The van der Waals surface area contributed by atoms with Crippen LogP contribution in [0.2, 0.25) is 0 Å². The molecule has 0 radical (unpaired) electrons. The van der Waals surface area contributed by atoms with Gasteiger partial charge in [-0.3, -0.25) is 9.78 Å². The number of carbonyl (C=O) groups excluding carboxylic acids is 1. The van der Waals surface area contributed by atoms with E-state index in [-0.39, 0.29) is 30.6 Å². The Morgan fingerprint density at radius 1 is 1.09 bits per heavy atom. The summed E-state index contributed by atoms with van der Waals surface area (Å²) in [5.74, 6) is 1.02. The maximum absolute atomic E-state index is 12.5. The quantitative estimate of drug-likeness (QED) is 0.378. The van der Waals surface area contributed by atoms with E-state index in [2.05, 4.69) is 29.3 Å². The zero-order chi connectivity index (χ0) is 23.7. The van der Waals surface area contributed by atoms with E-state index in [1.54, 1.807) is 13.1 Å². The lowest BCUT2D eigenvalue weighted by Crippen LogP contribution is -2.31. The van der Waals surface area contributed by atoms with Crippen molar-refractivity contribution in [3.05, 3.63) is 47.2 Å². The lowest BCUT2D eigenvalue weighted by molar-refractivity contribution is 0.101. The second-order valence-electron chi connectivity index (χ2n) is 9.75. The summed E-state index contributed by atoms with van der Waals surface area (Å²) in [6.07, 6.45) is 6.18. The van der Waals surface area contributed by atoms with Crippen molar-refractivity contribution < 1.29 is 9.90 Å². The lowest BCUT2D eigenvalue weighted by atomic mass is 9.85. The fraction of sp³-hybridized carbons (Fsp3) is 0.444. The molecule has 1 aliphatic carbocycles. The zero-order valence-corrected chi connectivity index (χ0v) is 22.7. The van der Waals surface area contributed by atoms with Crippen LogP contribution in [0.25, 0.3) is 22.3 Å². The van der Waals surface area contributed by atoms with Crippen LogP contribution >= 0.6 is 24.8 Å². The molecule has 0 spiro atoms. The van der Waals surface area contributed by atoms with E-state index >= 15 is 0 Å². The summed E-state index contributed by atoms with van der Waals surface area (Å²) < 4.78 is 0. The number of hydrogen-bond donors (Lipinski definition) is 2. The van der Waals surface area contributed by atoms with Gasteiger partial charge in [0.15, 0.2) is 5.78 Å². The van der Waals surface area contributed by atoms with Gasteiger partial charge in [0.05, 0.1) is 22.5 Å². The van der Waals surface area contributed by atoms with Gasteiger partial charge in [-0.15, -0.1) is 24.8 Å². The third-order valence-electron chi connectivity index (χ3n) is 6.70. The number of Topliss-reactive ketones (excluding diaryl/α,β-unsaturated/α-hetero) is 1. The van der Waals surface area contributed by atoms with Gasteiger partial charge in [-0.05, 0) is 102 Å². The average Bonchev–Trinajstić information content (AvgIpc) is 2.77. The molecule has 8 heteroatoms. The number of aromatic nitrogens is 2. The highest BCUT2D eigenvalue weighted by molar-refractivity contribution is 6.06. The summed E-state index contributed by atoms with van der Waals surface area (Å²) in [7, 11) is 4.26. The van der Waals surface area contributed by atoms with Crippen molar-refractivity contribution in [3.63, 3.8) is 0 Å². The number of pyridine rings is 2. The number of benzene rings is 1. The maximum Gasteiger partial charge on any atom is 0.163 e. The molecule has 2 N–H and O–H groups in total. The van der Waals surface area contributed by atoms with Crippen LogP contribution in [-0.4, -0.2) is 52.4 Å². The van der Waals surface area contributed by atoms with Gasteiger partial charge in [0.1, 0.15) is 11.3 Å². The normalized spacial score (nSPS) is 17.5. The van der Waals surface area contributed by atoms with Gasteiger partial charge in [-0.2, -0.15) is 0 Å². The summed E-state index contributed by atoms with van der Waals surface area (Å²) >= 11 is 0. The topological polar surface area (TPSA) is 78.3 Å². The minimum absolute atomic E-state index is 0. The Balaban J connectivity index is 0.00000216. The number of anilines is 1. The van der Waals surface area contributed by atoms with Crippen molar-refractivity contribution in [2.75, 3.05) is 26.0 Å². The van der Waals surface area contributed by atoms with Gasteiger partial charge >= 0.3 is 0 Å². The predicted molar refractivity (Wildman–Crippen MR) is 149 cm³/mol. The van der Waals surface area contributed by atoms with Crippen molar-refractivity contribution in [2.24, 2.45) is 5.92 Å². The van der Waals surface area contributed by atoms with Crippen LogP contribution in [-0.2, 0) is 0 Å². The second-order valence-corrected chi connectivity index (χ2v) is 9.75. The van der Waals surface area contributed by atoms with Gasteiger partial charge in [0, 0.05) is 24.3 Å². The summed E-state index contributed by atoms with van der Waals surface area (Å²) in [5.41, 5.74) is 6.23. The number of halogens is 2. The lowest BCUT2D eigenvalue weighted by Gasteiger charge is -2.31. The number of phenolic OH excluding ortho intramolecular Hbond substituents is 1. The zero-order valence-electron chi connectivity index (χ0n) is 21.1. The first-order valence-electron chi connectivity index (χ1n) is 11.8. The molecule has 0 amide bonds. The van der Waals surface area contributed by atoms with E-state index < -0.39 is 0 Å². The van der Waals surface area contributed by atoms with Gasteiger partial charge in [-0.25, -0.2) is 4.98 Å². The monoisotopic (exact) mass is 518 g/mol. The fourth-order valence-electron chi connectivity index (χ4n) is 4.95. The summed E-state index contributed by atoms with van der Waals surface area (Å²) in [6, 6.07) is 8.11. The van der Waals surface area contributed by atoms with Crippen LogP contribution in [0, 0.1) is 19.8 Å². The van der Waals surface area contributed by atoms with E-state index in [9.17, 15) is 9.90 Å². The summed E-state index contributed by atoms with van der Waals surface area (Å²) in [4.78, 5) is 24.2. The number of rotatable bonds is 6. The van der Waals surface area contributed by atoms with Crippen molar-refractivity contribution >= 4 is 47.3 Å². The van der Waals surface area contributed by atoms with Crippen molar-refractivity contribution in [3.8, 4) is 17.0 Å². The van der Waals surface area contributed by atoms with Gasteiger partial charge < -0.3 is 15.3 Å². The molecule has 3 aromatic rings. The van der Waals surface area contributed by atoms with E-state index in [1.165, 1.54) is 12.8 Å². The predicted octanol–water partition coefficient (Wildman–Crippen LogP) is 6.20. The van der Waals surface area contributed by atoms with Crippen LogP contribution in [0.3, 0.4) is 0 Å². The van der Waals surface area contributed by atoms with Gasteiger partial charge in [-0.1, -0.05) is 0 Å². The highest BCUT2D eigenvalue weighted by Gasteiger charge is 2.24. The van der Waals surface area contributed by atoms with Crippen molar-refractivity contribution in [1.29, 1.82) is 0 Å². The van der Waals surface area contributed by atoms with E-state index in [0.717, 1.165) is 64.4 Å². The van der Waals surface area contributed by atoms with Gasteiger partial charge in [0.25, 0.3) is 0 Å². The molecule has 2 heterocycles. The number of nitrogens with one attached hydrogen (secondary N) is 1. The van der Waals surface area contributed by atoms with Crippen LogP contribution in [0.5, 0.6) is 5.75 Å². The van der Waals surface area contributed by atoms with E-state index in [4.69, 9.17) is 4.98 Å². The number of aryl methyl sites for hydroxylation is 2. The largest absolute Gasteiger partial charge is 0.507 e. The molecule has 6 nitrogen and oxygen atoms in total. The Hall–Kier alpha value is -2.41. The van der Waals surface area contributed by atoms with Crippen LogP contribution in [0.15, 0.2) is 30.5 Å². The number of carbonyl (C=O) groups is 1. The van der Waals surface area contributed by atoms with Gasteiger partial charge in [0.2, 0.25) is 0 Å². The number of fused-ring (bicyclic) bond motifs is 1. The molecule has 0 unspecified atom stereocenters.